The summed E-state index contributed by atoms with van der Waals surface area (Å²) in [6.07, 6.45) is 0.414. The minimum atomic E-state index is -0.516. The van der Waals surface area contributed by atoms with Gasteiger partial charge in [-0.05, 0) is 62.4 Å². The van der Waals surface area contributed by atoms with Gasteiger partial charge in [-0.25, -0.2) is 9.59 Å². The first-order chi connectivity index (χ1) is 14.7. The molecule has 0 radical (unpaired) electrons. The molecule has 0 spiro atoms. The summed E-state index contributed by atoms with van der Waals surface area (Å²) in [5.74, 6) is -0.269. The molecule has 1 amide bonds. The SMILES string of the molecule is COC(=O)c1cccc2c1CCN(Cc1ccc([C@H](C)NC(=O)OC(C)(C)C)cc1)C2. The molecule has 1 heterocycles. The van der Waals surface area contributed by atoms with E-state index < -0.39 is 11.7 Å². The summed E-state index contributed by atoms with van der Waals surface area (Å²) in [4.78, 5) is 26.4. The van der Waals surface area contributed by atoms with Crippen LogP contribution in [0.2, 0.25) is 0 Å². The molecule has 0 aliphatic carbocycles. The predicted octanol–water partition coefficient (Wildman–Crippen LogP) is 4.62. The molecule has 6 nitrogen and oxygen atoms in total. The van der Waals surface area contributed by atoms with Crippen LogP contribution in [-0.2, 0) is 29.0 Å². The molecule has 0 unspecified atom stereocenters. The van der Waals surface area contributed by atoms with Gasteiger partial charge in [0.2, 0.25) is 0 Å². The van der Waals surface area contributed by atoms with Crippen molar-refractivity contribution in [3.63, 3.8) is 0 Å². The Bertz CT molecular complexity index is 932. The zero-order valence-corrected chi connectivity index (χ0v) is 19.0. The third kappa shape index (κ3) is 6.07. The van der Waals surface area contributed by atoms with E-state index in [1.165, 1.54) is 18.2 Å². The van der Waals surface area contributed by atoms with E-state index in [1.54, 1.807) is 0 Å². The van der Waals surface area contributed by atoms with Gasteiger partial charge in [-0.1, -0.05) is 36.4 Å². The third-order valence-electron chi connectivity index (χ3n) is 5.37. The number of fused-ring (bicyclic) bond motifs is 1. The number of methoxy groups -OCH3 is 1. The molecule has 2 aromatic carbocycles. The summed E-state index contributed by atoms with van der Waals surface area (Å²) in [5, 5.41) is 2.87. The van der Waals surface area contributed by atoms with Gasteiger partial charge in [0.15, 0.2) is 0 Å². The lowest BCUT2D eigenvalue weighted by atomic mass is 9.94. The fraction of sp³-hybridized carbons (Fsp3) is 0.440. The number of hydrogen-bond acceptors (Lipinski definition) is 5. The monoisotopic (exact) mass is 424 g/mol. The molecule has 1 N–H and O–H groups in total. The minimum absolute atomic E-state index is 0.137. The normalized spacial score (nSPS) is 15.0. The molecule has 0 saturated carbocycles. The van der Waals surface area contributed by atoms with Gasteiger partial charge in [0.25, 0.3) is 0 Å². The van der Waals surface area contributed by atoms with Crippen molar-refractivity contribution in [3.05, 3.63) is 70.3 Å². The Kier molecular flexibility index (Phi) is 7.01. The summed E-state index contributed by atoms with van der Waals surface area (Å²) in [6.45, 7) is 10.0. The summed E-state index contributed by atoms with van der Waals surface area (Å²) in [6, 6.07) is 14.0. The quantitative estimate of drug-likeness (QED) is 0.710. The molecular formula is C25H32N2O4. The van der Waals surface area contributed by atoms with E-state index in [-0.39, 0.29) is 12.0 Å². The summed E-state index contributed by atoms with van der Waals surface area (Å²) >= 11 is 0. The van der Waals surface area contributed by atoms with E-state index in [4.69, 9.17) is 9.47 Å². The summed E-state index contributed by atoms with van der Waals surface area (Å²) in [5.41, 5.74) is 4.68. The lowest BCUT2D eigenvalue weighted by Crippen LogP contribution is -2.34. The molecule has 0 bridgehead atoms. The first-order valence-electron chi connectivity index (χ1n) is 10.7. The molecule has 1 aliphatic heterocycles. The Morgan fingerprint density at radius 2 is 1.84 bits per heavy atom. The van der Waals surface area contributed by atoms with Gasteiger partial charge in [-0.2, -0.15) is 0 Å². The average molecular weight is 425 g/mol. The van der Waals surface area contributed by atoms with Gasteiger partial charge in [0.1, 0.15) is 5.60 Å². The van der Waals surface area contributed by atoms with Crippen LogP contribution in [0, 0.1) is 0 Å². The van der Waals surface area contributed by atoms with Crippen LogP contribution in [0.15, 0.2) is 42.5 Å². The maximum atomic E-state index is 12.0. The molecule has 2 aromatic rings. The number of hydrogen-bond donors (Lipinski definition) is 1. The van der Waals surface area contributed by atoms with Gasteiger partial charge >= 0.3 is 12.1 Å². The van der Waals surface area contributed by atoms with Gasteiger partial charge in [-0.15, -0.1) is 0 Å². The molecule has 1 atom stereocenters. The van der Waals surface area contributed by atoms with Crippen molar-refractivity contribution in [1.29, 1.82) is 0 Å². The number of esters is 1. The van der Waals surface area contributed by atoms with Crippen molar-refractivity contribution in [1.82, 2.24) is 10.2 Å². The van der Waals surface area contributed by atoms with Gasteiger partial charge in [0, 0.05) is 19.6 Å². The topological polar surface area (TPSA) is 67.9 Å². The smallest absolute Gasteiger partial charge is 0.408 e. The standard InChI is InChI=1S/C25H32N2O4/c1-17(26-24(29)31-25(2,3)4)19-11-9-18(10-12-19)15-27-14-13-21-20(16-27)7-6-8-22(21)23(28)30-5/h6-12,17H,13-16H2,1-5H3,(H,26,29)/t17-/m0/s1. The maximum Gasteiger partial charge on any atom is 0.408 e. The van der Waals surface area contributed by atoms with Crippen LogP contribution in [0.5, 0.6) is 0 Å². The van der Waals surface area contributed by atoms with Crippen LogP contribution in [0.25, 0.3) is 0 Å². The van der Waals surface area contributed by atoms with Crippen molar-refractivity contribution in [2.45, 2.75) is 58.8 Å². The fourth-order valence-electron chi connectivity index (χ4n) is 3.84. The number of nitrogens with one attached hydrogen (secondary N) is 1. The third-order valence-corrected chi connectivity index (χ3v) is 5.37. The van der Waals surface area contributed by atoms with Crippen LogP contribution in [0.3, 0.4) is 0 Å². The molecule has 166 valence electrons. The van der Waals surface area contributed by atoms with Crippen LogP contribution < -0.4 is 5.32 Å². The Morgan fingerprint density at radius 1 is 1.13 bits per heavy atom. The number of carbonyl (C=O) groups is 2. The van der Waals surface area contributed by atoms with E-state index in [0.717, 1.165) is 37.2 Å². The molecule has 0 saturated heterocycles. The number of benzene rings is 2. The van der Waals surface area contributed by atoms with E-state index in [1.807, 2.05) is 52.0 Å². The second kappa shape index (κ2) is 9.52. The van der Waals surface area contributed by atoms with Crippen molar-refractivity contribution >= 4 is 12.1 Å². The van der Waals surface area contributed by atoms with Crippen LogP contribution >= 0.6 is 0 Å². The first kappa shape index (κ1) is 22.8. The lowest BCUT2D eigenvalue weighted by molar-refractivity contribution is 0.0506. The molecule has 31 heavy (non-hydrogen) atoms. The van der Waals surface area contributed by atoms with Crippen molar-refractivity contribution < 1.29 is 19.1 Å². The number of amides is 1. The lowest BCUT2D eigenvalue weighted by Gasteiger charge is -2.30. The van der Waals surface area contributed by atoms with Crippen molar-refractivity contribution in [2.75, 3.05) is 13.7 Å². The molecule has 0 aromatic heterocycles. The molecular weight excluding hydrogens is 392 g/mol. The predicted molar refractivity (Wildman–Crippen MR) is 120 cm³/mol. The van der Waals surface area contributed by atoms with E-state index in [2.05, 4.69) is 28.4 Å². The highest BCUT2D eigenvalue weighted by molar-refractivity contribution is 5.91. The van der Waals surface area contributed by atoms with Crippen molar-refractivity contribution in [2.24, 2.45) is 0 Å². The second-order valence-corrected chi connectivity index (χ2v) is 9.00. The van der Waals surface area contributed by atoms with Gasteiger partial charge in [-0.3, -0.25) is 4.90 Å². The minimum Gasteiger partial charge on any atom is -0.465 e. The van der Waals surface area contributed by atoms with Crippen LogP contribution in [0.4, 0.5) is 4.79 Å². The average Bonchev–Trinajstić information content (AvgIpc) is 2.71. The van der Waals surface area contributed by atoms with Crippen LogP contribution in [0.1, 0.15) is 66.3 Å². The second-order valence-electron chi connectivity index (χ2n) is 9.00. The van der Waals surface area contributed by atoms with E-state index in [9.17, 15) is 9.59 Å². The Morgan fingerprint density at radius 3 is 2.48 bits per heavy atom. The first-order valence-corrected chi connectivity index (χ1v) is 10.7. The summed E-state index contributed by atoms with van der Waals surface area (Å²) in [7, 11) is 1.42. The van der Waals surface area contributed by atoms with E-state index in [0.29, 0.717) is 5.56 Å². The zero-order valence-electron chi connectivity index (χ0n) is 19.0. The molecule has 1 aliphatic rings. The zero-order chi connectivity index (χ0) is 22.6. The number of alkyl carbamates (subject to hydrolysis) is 1. The number of nitrogens with zero attached hydrogens (tertiary/aromatic N) is 1. The maximum absolute atomic E-state index is 12.0. The number of rotatable bonds is 5. The fourth-order valence-corrected chi connectivity index (χ4v) is 3.84. The van der Waals surface area contributed by atoms with Gasteiger partial charge in [0.05, 0.1) is 18.7 Å². The Hall–Kier alpha value is -2.86. The highest BCUT2D eigenvalue weighted by Crippen LogP contribution is 2.25. The molecule has 6 heteroatoms. The van der Waals surface area contributed by atoms with E-state index >= 15 is 0 Å². The molecule has 0 fully saturated rings. The Labute approximate surface area is 184 Å². The highest BCUT2D eigenvalue weighted by Gasteiger charge is 2.22. The highest BCUT2D eigenvalue weighted by atomic mass is 16.6. The van der Waals surface area contributed by atoms with Gasteiger partial charge < -0.3 is 14.8 Å². The molecule has 3 rings (SSSR count). The number of ether oxygens (including phenoxy) is 2. The van der Waals surface area contributed by atoms with Crippen molar-refractivity contribution in [3.8, 4) is 0 Å². The largest absolute Gasteiger partial charge is 0.465 e. The summed E-state index contributed by atoms with van der Waals surface area (Å²) < 4.78 is 10.2. The van der Waals surface area contributed by atoms with Crippen LogP contribution in [-0.4, -0.2) is 36.2 Å². The Balaban J connectivity index is 1.60. The number of carbonyl (C=O) groups excluding carboxylic acids is 2.